The van der Waals surface area contributed by atoms with Crippen LogP contribution in [0, 0.1) is 0 Å². The van der Waals surface area contributed by atoms with E-state index in [4.69, 9.17) is 16.3 Å². The molecule has 1 aromatic carbocycles. The molecule has 0 bridgehead atoms. The largest absolute Gasteiger partial charge is 0.492 e. The van der Waals surface area contributed by atoms with Crippen molar-refractivity contribution < 1.29 is 4.74 Å². The van der Waals surface area contributed by atoms with Crippen molar-refractivity contribution in [1.29, 1.82) is 0 Å². The average Bonchev–Trinajstić information content (AvgIpc) is 2.59. The molecule has 0 spiro atoms. The molecule has 6 heteroatoms. The Balaban J connectivity index is 2.21. The molecule has 142 valence electrons. The summed E-state index contributed by atoms with van der Waals surface area (Å²) in [5, 5.41) is 4.13. The number of ether oxygens (including phenoxy) is 1. The summed E-state index contributed by atoms with van der Waals surface area (Å²) in [5.41, 5.74) is 0. The lowest BCUT2D eigenvalue weighted by molar-refractivity contribution is 0.268. The first-order valence-electron chi connectivity index (χ1n) is 8.94. The monoisotopic (exact) mass is 368 g/mol. The van der Waals surface area contributed by atoms with E-state index in [1.54, 1.807) is 0 Å². The standard InChI is InChI=1S/C19H33ClN4O/c1-16(2)23(4)13-7-6-12-22-19(21-3)24(5)14-15-25-18-10-8-17(20)9-11-18/h8-11,16H,6-7,12-15H2,1-5H3,(H,21,22). The summed E-state index contributed by atoms with van der Waals surface area (Å²) >= 11 is 5.87. The van der Waals surface area contributed by atoms with Crippen molar-refractivity contribution in [3.05, 3.63) is 29.3 Å². The first-order valence-corrected chi connectivity index (χ1v) is 9.32. The van der Waals surface area contributed by atoms with Crippen LogP contribution in [0.2, 0.25) is 5.02 Å². The van der Waals surface area contributed by atoms with E-state index >= 15 is 0 Å². The molecule has 0 fully saturated rings. The van der Waals surface area contributed by atoms with E-state index in [-0.39, 0.29) is 0 Å². The van der Waals surface area contributed by atoms with Gasteiger partial charge in [-0.1, -0.05) is 11.6 Å². The molecule has 1 rings (SSSR count). The number of nitrogens with one attached hydrogen (secondary N) is 1. The van der Waals surface area contributed by atoms with E-state index in [1.807, 2.05) is 38.4 Å². The molecule has 0 atom stereocenters. The quantitative estimate of drug-likeness (QED) is 0.390. The van der Waals surface area contributed by atoms with Crippen LogP contribution < -0.4 is 10.1 Å². The Kier molecular flexibility index (Phi) is 10.3. The highest BCUT2D eigenvalue weighted by atomic mass is 35.5. The van der Waals surface area contributed by atoms with Gasteiger partial charge in [0.2, 0.25) is 0 Å². The minimum atomic E-state index is 0.595. The molecule has 0 aliphatic carbocycles. The van der Waals surface area contributed by atoms with Gasteiger partial charge < -0.3 is 19.9 Å². The number of rotatable bonds is 10. The third-order valence-corrected chi connectivity index (χ3v) is 4.44. The van der Waals surface area contributed by atoms with Crippen LogP contribution in [0.5, 0.6) is 5.75 Å². The second-order valence-electron chi connectivity index (χ2n) is 6.48. The van der Waals surface area contributed by atoms with Crippen LogP contribution in [-0.2, 0) is 0 Å². The molecular weight excluding hydrogens is 336 g/mol. The van der Waals surface area contributed by atoms with E-state index < -0.39 is 0 Å². The first-order chi connectivity index (χ1) is 11.9. The topological polar surface area (TPSA) is 40.1 Å². The van der Waals surface area contributed by atoms with Crippen molar-refractivity contribution in [3.63, 3.8) is 0 Å². The third kappa shape index (κ3) is 8.98. The van der Waals surface area contributed by atoms with Gasteiger partial charge in [0.15, 0.2) is 5.96 Å². The van der Waals surface area contributed by atoms with Crippen LogP contribution in [-0.4, -0.2) is 69.2 Å². The van der Waals surface area contributed by atoms with Gasteiger partial charge in [0.05, 0.1) is 6.54 Å². The maximum absolute atomic E-state index is 5.87. The van der Waals surface area contributed by atoms with Crippen molar-refractivity contribution in [2.45, 2.75) is 32.7 Å². The van der Waals surface area contributed by atoms with Crippen molar-refractivity contribution in [1.82, 2.24) is 15.1 Å². The van der Waals surface area contributed by atoms with Crippen LogP contribution in [0.3, 0.4) is 0 Å². The molecule has 0 aliphatic heterocycles. The van der Waals surface area contributed by atoms with Crippen molar-refractivity contribution in [3.8, 4) is 5.75 Å². The average molecular weight is 369 g/mol. The molecule has 25 heavy (non-hydrogen) atoms. The van der Waals surface area contributed by atoms with Crippen LogP contribution in [0.15, 0.2) is 29.3 Å². The molecule has 0 amide bonds. The number of hydrogen-bond acceptors (Lipinski definition) is 3. The number of hydrogen-bond donors (Lipinski definition) is 1. The number of benzene rings is 1. The van der Waals surface area contributed by atoms with Gasteiger partial charge in [-0.25, -0.2) is 0 Å². The Morgan fingerprint density at radius 3 is 2.44 bits per heavy atom. The number of aliphatic imine (C=N–C) groups is 1. The third-order valence-electron chi connectivity index (χ3n) is 4.18. The van der Waals surface area contributed by atoms with Gasteiger partial charge in [-0.2, -0.15) is 0 Å². The number of unbranched alkanes of at least 4 members (excludes halogenated alkanes) is 1. The van der Waals surface area contributed by atoms with Crippen LogP contribution in [0.4, 0.5) is 0 Å². The summed E-state index contributed by atoms with van der Waals surface area (Å²) in [6, 6.07) is 8.02. The molecule has 0 saturated heterocycles. The van der Waals surface area contributed by atoms with E-state index in [0.29, 0.717) is 17.7 Å². The highest BCUT2D eigenvalue weighted by molar-refractivity contribution is 6.30. The van der Waals surface area contributed by atoms with Crippen molar-refractivity contribution in [2.75, 3.05) is 47.4 Å². The zero-order valence-corrected chi connectivity index (χ0v) is 17.0. The van der Waals surface area contributed by atoms with Gasteiger partial charge in [0.1, 0.15) is 12.4 Å². The zero-order valence-electron chi connectivity index (χ0n) is 16.3. The molecular formula is C19H33ClN4O. The molecule has 0 aromatic heterocycles. The smallest absolute Gasteiger partial charge is 0.193 e. The Bertz CT molecular complexity index is 505. The molecule has 0 radical (unpaired) electrons. The summed E-state index contributed by atoms with van der Waals surface area (Å²) in [7, 11) is 6.00. The lowest BCUT2D eigenvalue weighted by Crippen LogP contribution is -2.41. The van der Waals surface area contributed by atoms with Crippen LogP contribution >= 0.6 is 11.6 Å². The highest BCUT2D eigenvalue weighted by Gasteiger charge is 2.06. The van der Waals surface area contributed by atoms with E-state index in [0.717, 1.165) is 37.8 Å². The molecule has 1 aromatic rings. The molecule has 0 heterocycles. The molecule has 0 aliphatic rings. The predicted molar refractivity (Wildman–Crippen MR) is 108 cm³/mol. The van der Waals surface area contributed by atoms with Crippen LogP contribution in [0.1, 0.15) is 26.7 Å². The normalized spacial score (nSPS) is 11.9. The minimum absolute atomic E-state index is 0.595. The van der Waals surface area contributed by atoms with E-state index in [9.17, 15) is 0 Å². The summed E-state index contributed by atoms with van der Waals surface area (Å²) in [4.78, 5) is 8.78. The Hall–Kier alpha value is -1.46. The van der Waals surface area contributed by atoms with Gasteiger partial charge in [0, 0.05) is 31.7 Å². The van der Waals surface area contributed by atoms with Crippen LogP contribution in [0.25, 0.3) is 0 Å². The zero-order chi connectivity index (χ0) is 18.7. The predicted octanol–water partition coefficient (Wildman–Crippen LogP) is 3.35. The maximum Gasteiger partial charge on any atom is 0.193 e. The summed E-state index contributed by atoms with van der Waals surface area (Å²) < 4.78 is 5.73. The lowest BCUT2D eigenvalue weighted by atomic mass is 10.2. The van der Waals surface area contributed by atoms with E-state index in [1.165, 1.54) is 6.42 Å². The number of nitrogens with zero attached hydrogens (tertiary/aromatic N) is 3. The number of likely N-dealkylation sites (N-methyl/N-ethyl adjacent to an activating group) is 1. The fourth-order valence-electron chi connectivity index (χ4n) is 2.27. The minimum Gasteiger partial charge on any atom is -0.492 e. The van der Waals surface area contributed by atoms with Gasteiger partial charge in [0.25, 0.3) is 0 Å². The molecule has 0 unspecified atom stereocenters. The van der Waals surface area contributed by atoms with Gasteiger partial charge in [-0.05, 0) is 64.5 Å². The Labute approximate surface area is 158 Å². The number of halogens is 1. The van der Waals surface area contributed by atoms with Crippen molar-refractivity contribution >= 4 is 17.6 Å². The van der Waals surface area contributed by atoms with E-state index in [2.05, 4.69) is 41.0 Å². The van der Waals surface area contributed by atoms with Gasteiger partial charge >= 0.3 is 0 Å². The highest BCUT2D eigenvalue weighted by Crippen LogP contribution is 2.15. The number of guanidine groups is 1. The Morgan fingerprint density at radius 1 is 1.16 bits per heavy atom. The fourth-order valence-corrected chi connectivity index (χ4v) is 2.39. The molecule has 0 saturated carbocycles. The summed E-state index contributed by atoms with van der Waals surface area (Å²) in [5.74, 6) is 1.73. The second-order valence-corrected chi connectivity index (χ2v) is 6.92. The second kappa shape index (κ2) is 12.0. The molecule has 1 N–H and O–H groups in total. The SMILES string of the molecule is CN=C(NCCCCN(C)C(C)C)N(C)CCOc1ccc(Cl)cc1. The Morgan fingerprint density at radius 2 is 1.84 bits per heavy atom. The summed E-state index contributed by atoms with van der Waals surface area (Å²) in [6.07, 6.45) is 2.31. The van der Waals surface area contributed by atoms with Crippen molar-refractivity contribution in [2.24, 2.45) is 4.99 Å². The lowest BCUT2D eigenvalue weighted by Gasteiger charge is -2.23. The van der Waals surface area contributed by atoms with Gasteiger partial charge in [-0.3, -0.25) is 4.99 Å². The first kappa shape index (κ1) is 21.6. The maximum atomic E-state index is 5.87. The fraction of sp³-hybridized carbons (Fsp3) is 0.632. The van der Waals surface area contributed by atoms with Gasteiger partial charge in [-0.15, -0.1) is 0 Å². The summed E-state index contributed by atoms with van der Waals surface area (Å²) in [6.45, 7) is 7.86. The molecule has 5 nitrogen and oxygen atoms in total.